The summed E-state index contributed by atoms with van der Waals surface area (Å²) < 4.78 is 46.8. The SMILES string of the molecule is CSc1cccc(NC(=O)COc2cc(C(F)(F)F)c3c(C)nn(C)c3n2)c1. The number of amides is 1. The molecule has 148 valence electrons. The number of nitrogens with one attached hydrogen (secondary N) is 1. The van der Waals surface area contributed by atoms with Crippen molar-refractivity contribution < 1.29 is 22.7 Å². The van der Waals surface area contributed by atoms with E-state index in [-0.39, 0.29) is 22.6 Å². The number of carbonyl (C=O) groups is 1. The fourth-order valence-corrected chi connectivity index (χ4v) is 3.22. The van der Waals surface area contributed by atoms with Crippen molar-refractivity contribution in [3.63, 3.8) is 0 Å². The van der Waals surface area contributed by atoms with E-state index in [1.807, 2.05) is 12.3 Å². The Morgan fingerprint density at radius 1 is 1.32 bits per heavy atom. The van der Waals surface area contributed by atoms with E-state index in [0.717, 1.165) is 11.0 Å². The maximum absolute atomic E-state index is 13.4. The summed E-state index contributed by atoms with van der Waals surface area (Å²) in [6.45, 7) is 1.01. The van der Waals surface area contributed by atoms with Gasteiger partial charge in [0, 0.05) is 23.7 Å². The van der Waals surface area contributed by atoms with Crippen molar-refractivity contribution >= 4 is 34.4 Å². The predicted molar refractivity (Wildman–Crippen MR) is 101 cm³/mol. The summed E-state index contributed by atoms with van der Waals surface area (Å²) in [5, 5.41) is 6.55. The number of pyridine rings is 1. The Morgan fingerprint density at radius 3 is 2.75 bits per heavy atom. The second-order valence-electron chi connectivity index (χ2n) is 5.98. The highest BCUT2D eigenvalue weighted by atomic mass is 32.2. The molecule has 1 aromatic carbocycles. The number of alkyl halides is 3. The number of carbonyl (C=O) groups excluding carboxylic acids is 1. The van der Waals surface area contributed by atoms with Gasteiger partial charge < -0.3 is 10.1 Å². The summed E-state index contributed by atoms with van der Waals surface area (Å²) >= 11 is 1.52. The molecule has 28 heavy (non-hydrogen) atoms. The summed E-state index contributed by atoms with van der Waals surface area (Å²) in [5.74, 6) is -0.800. The molecule has 0 saturated heterocycles. The molecule has 1 N–H and O–H groups in total. The number of hydrogen-bond donors (Lipinski definition) is 1. The van der Waals surface area contributed by atoms with Gasteiger partial charge in [-0.05, 0) is 31.4 Å². The van der Waals surface area contributed by atoms with Crippen molar-refractivity contribution in [2.45, 2.75) is 18.0 Å². The van der Waals surface area contributed by atoms with Crippen LogP contribution in [-0.2, 0) is 18.0 Å². The summed E-state index contributed by atoms with van der Waals surface area (Å²) in [6, 6.07) is 7.97. The zero-order valence-electron chi connectivity index (χ0n) is 15.3. The molecule has 3 aromatic rings. The topological polar surface area (TPSA) is 69.0 Å². The molecule has 0 saturated carbocycles. The Labute approximate surface area is 163 Å². The Balaban J connectivity index is 1.80. The number of halogens is 3. The van der Waals surface area contributed by atoms with Crippen molar-refractivity contribution in [2.75, 3.05) is 18.2 Å². The molecule has 6 nitrogen and oxygen atoms in total. The van der Waals surface area contributed by atoms with E-state index in [1.54, 1.807) is 18.2 Å². The average molecular weight is 410 g/mol. The highest BCUT2D eigenvalue weighted by molar-refractivity contribution is 7.98. The van der Waals surface area contributed by atoms with Gasteiger partial charge >= 0.3 is 6.18 Å². The Kier molecular flexibility index (Phi) is 5.50. The van der Waals surface area contributed by atoms with Crippen LogP contribution in [0.15, 0.2) is 35.2 Å². The van der Waals surface area contributed by atoms with Gasteiger partial charge in [0.1, 0.15) is 0 Å². The highest BCUT2D eigenvalue weighted by Gasteiger charge is 2.35. The standard InChI is InChI=1S/C18H17F3N4O2S/c1-10-16-13(18(19,20)21)8-15(23-17(16)25(2)24-10)27-9-14(26)22-11-5-4-6-12(7-11)28-3/h4-8H,9H2,1-3H3,(H,22,26). The van der Waals surface area contributed by atoms with Crippen molar-refractivity contribution in [3.05, 3.63) is 41.6 Å². The molecule has 10 heteroatoms. The monoisotopic (exact) mass is 410 g/mol. The lowest BCUT2D eigenvalue weighted by atomic mass is 10.1. The smallest absolute Gasteiger partial charge is 0.417 e. The Hall–Kier alpha value is -2.75. The zero-order valence-corrected chi connectivity index (χ0v) is 16.1. The third-order valence-corrected chi connectivity index (χ3v) is 4.68. The van der Waals surface area contributed by atoms with Gasteiger partial charge in [-0.25, -0.2) is 0 Å². The first-order chi connectivity index (χ1) is 13.2. The number of aryl methyl sites for hydroxylation is 2. The largest absolute Gasteiger partial charge is 0.467 e. The molecular weight excluding hydrogens is 393 g/mol. The van der Waals surface area contributed by atoms with Gasteiger partial charge in [0.25, 0.3) is 5.91 Å². The lowest BCUT2D eigenvalue weighted by Gasteiger charge is -2.12. The minimum absolute atomic E-state index is 0.0374. The number of nitrogens with zero attached hydrogens (tertiary/aromatic N) is 3. The van der Waals surface area contributed by atoms with Crippen LogP contribution in [0.1, 0.15) is 11.3 Å². The zero-order chi connectivity index (χ0) is 20.5. The van der Waals surface area contributed by atoms with Crippen LogP contribution in [0.4, 0.5) is 18.9 Å². The lowest BCUT2D eigenvalue weighted by Crippen LogP contribution is -2.20. The minimum atomic E-state index is -4.60. The van der Waals surface area contributed by atoms with E-state index in [9.17, 15) is 18.0 Å². The van der Waals surface area contributed by atoms with Gasteiger partial charge in [-0.2, -0.15) is 23.3 Å². The summed E-state index contributed by atoms with van der Waals surface area (Å²) in [5.41, 5.74) is -0.0704. The van der Waals surface area contributed by atoms with Crippen LogP contribution in [-0.4, -0.2) is 33.5 Å². The van der Waals surface area contributed by atoms with Gasteiger partial charge in [-0.15, -0.1) is 11.8 Å². The molecule has 0 aliphatic heterocycles. The van der Waals surface area contributed by atoms with Crippen LogP contribution < -0.4 is 10.1 Å². The number of aromatic nitrogens is 3. The van der Waals surface area contributed by atoms with E-state index in [4.69, 9.17) is 4.74 Å². The van der Waals surface area contributed by atoms with Crippen molar-refractivity contribution in [1.82, 2.24) is 14.8 Å². The predicted octanol–water partition coefficient (Wildman–Crippen LogP) is 4.03. The molecule has 1 amide bonds. The van der Waals surface area contributed by atoms with Crippen LogP contribution in [0.25, 0.3) is 11.0 Å². The fraction of sp³-hybridized carbons (Fsp3) is 0.278. The maximum atomic E-state index is 13.4. The molecule has 0 aliphatic rings. The Morgan fingerprint density at radius 2 is 2.07 bits per heavy atom. The minimum Gasteiger partial charge on any atom is -0.467 e. The van der Waals surface area contributed by atoms with Gasteiger partial charge in [0.2, 0.25) is 5.88 Å². The van der Waals surface area contributed by atoms with Crippen LogP contribution in [0.5, 0.6) is 5.88 Å². The van der Waals surface area contributed by atoms with E-state index in [1.165, 1.54) is 30.4 Å². The summed E-state index contributed by atoms with van der Waals surface area (Å²) in [7, 11) is 1.50. The van der Waals surface area contributed by atoms with Crippen LogP contribution in [0.3, 0.4) is 0 Å². The second kappa shape index (κ2) is 7.70. The lowest BCUT2D eigenvalue weighted by molar-refractivity contribution is -0.136. The quantitative estimate of drug-likeness (QED) is 0.643. The first kappa shape index (κ1) is 20.0. The van der Waals surface area contributed by atoms with Crippen LogP contribution in [0.2, 0.25) is 0 Å². The molecule has 3 rings (SSSR count). The molecule has 0 aliphatic carbocycles. The number of rotatable bonds is 5. The third kappa shape index (κ3) is 4.22. The summed E-state index contributed by atoms with van der Waals surface area (Å²) in [6.07, 6.45) is -2.70. The summed E-state index contributed by atoms with van der Waals surface area (Å²) in [4.78, 5) is 17.1. The fourth-order valence-electron chi connectivity index (χ4n) is 2.76. The van der Waals surface area contributed by atoms with Crippen LogP contribution in [0, 0.1) is 6.92 Å². The number of benzene rings is 1. The third-order valence-electron chi connectivity index (χ3n) is 3.96. The second-order valence-corrected chi connectivity index (χ2v) is 6.86. The molecule has 2 aromatic heterocycles. The van der Waals surface area contributed by atoms with Gasteiger partial charge in [0.15, 0.2) is 12.3 Å². The van der Waals surface area contributed by atoms with E-state index >= 15 is 0 Å². The number of anilines is 1. The number of hydrogen-bond acceptors (Lipinski definition) is 5. The highest BCUT2D eigenvalue weighted by Crippen LogP contribution is 2.37. The van der Waals surface area contributed by atoms with E-state index < -0.39 is 24.3 Å². The molecule has 0 unspecified atom stereocenters. The number of ether oxygens (including phenoxy) is 1. The first-order valence-electron chi connectivity index (χ1n) is 8.17. The number of thioether (sulfide) groups is 1. The number of fused-ring (bicyclic) bond motifs is 1. The molecule has 0 fully saturated rings. The van der Waals surface area contributed by atoms with Gasteiger partial charge in [0.05, 0.1) is 16.6 Å². The molecule has 0 spiro atoms. The molecule has 2 heterocycles. The Bertz CT molecular complexity index is 1030. The molecule has 0 radical (unpaired) electrons. The van der Waals surface area contributed by atoms with Crippen molar-refractivity contribution in [3.8, 4) is 5.88 Å². The molecule has 0 atom stereocenters. The normalized spacial score (nSPS) is 11.6. The average Bonchev–Trinajstić information content (AvgIpc) is 2.92. The van der Waals surface area contributed by atoms with Crippen molar-refractivity contribution in [1.29, 1.82) is 0 Å². The molecular formula is C18H17F3N4O2S. The van der Waals surface area contributed by atoms with Gasteiger partial charge in [-0.1, -0.05) is 6.07 Å². The van der Waals surface area contributed by atoms with E-state index in [0.29, 0.717) is 5.69 Å². The first-order valence-corrected chi connectivity index (χ1v) is 9.39. The van der Waals surface area contributed by atoms with Gasteiger partial charge in [-0.3, -0.25) is 9.48 Å². The van der Waals surface area contributed by atoms with Crippen molar-refractivity contribution in [2.24, 2.45) is 7.05 Å². The van der Waals surface area contributed by atoms with E-state index in [2.05, 4.69) is 15.4 Å². The molecule has 0 bridgehead atoms. The van der Waals surface area contributed by atoms with Crippen LogP contribution >= 0.6 is 11.8 Å². The maximum Gasteiger partial charge on any atom is 0.417 e.